The maximum Gasteiger partial charge on any atom is 0.322 e. The van der Waals surface area contributed by atoms with E-state index in [1.165, 1.54) is 0 Å². The summed E-state index contributed by atoms with van der Waals surface area (Å²) in [6, 6.07) is -0.359. The van der Waals surface area contributed by atoms with Gasteiger partial charge in [0, 0.05) is 18.5 Å². The van der Waals surface area contributed by atoms with Gasteiger partial charge in [-0.05, 0) is 25.7 Å². The zero-order valence-electron chi connectivity index (χ0n) is 10.6. The summed E-state index contributed by atoms with van der Waals surface area (Å²) in [6.45, 7) is 0.785. The number of hydrogen-bond donors (Lipinski definition) is 3. The summed E-state index contributed by atoms with van der Waals surface area (Å²) in [5, 5.41) is 4.88. The molecule has 1 aliphatic carbocycles. The first-order valence-electron chi connectivity index (χ1n) is 6.68. The molecular formula is C12H18N4O3. The van der Waals surface area contributed by atoms with Gasteiger partial charge >= 0.3 is 6.03 Å². The van der Waals surface area contributed by atoms with Crippen LogP contribution in [0.15, 0.2) is 0 Å². The van der Waals surface area contributed by atoms with Crippen molar-refractivity contribution in [3.05, 3.63) is 0 Å². The van der Waals surface area contributed by atoms with Crippen molar-refractivity contribution in [2.45, 2.75) is 37.3 Å². The summed E-state index contributed by atoms with van der Waals surface area (Å²) in [5.74, 6) is -0.278. The number of imide groups is 1. The van der Waals surface area contributed by atoms with Gasteiger partial charge in [-0.1, -0.05) is 0 Å². The van der Waals surface area contributed by atoms with Gasteiger partial charge < -0.3 is 16.0 Å². The molecule has 4 N–H and O–H groups in total. The van der Waals surface area contributed by atoms with Gasteiger partial charge in [0.2, 0.25) is 5.91 Å². The van der Waals surface area contributed by atoms with Gasteiger partial charge in [0.1, 0.15) is 5.54 Å². The molecule has 2 heterocycles. The number of amides is 4. The van der Waals surface area contributed by atoms with Crippen LogP contribution < -0.4 is 16.4 Å². The highest BCUT2D eigenvalue weighted by Crippen LogP contribution is 2.30. The molecule has 3 atom stereocenters. The Balaban J connectivity index is 1.67. The second-order valence-electron chi connectivity index (χ2n) is 5.77. The van der Waals surface area contributed by atoms with Crippen LogP contribution in [0.25, 0.3) is 0 Å². The van der Waals surface area contributed by atoms with Gasteiger partial charge in [-0.2, -0.15) is 0 Å². The SMILES string of the molecule is NC1CCC(C(=O)N2CCC3(C2)NC(=O)NC3=O)C1. The fourth-order valence-electron chi connectivity index (χ4n) is 3.31. The number of hydrogen-bond acceptors (Lipinski definition) is 4. The van der Waals surface area contributed by atoms with Gasteiger partial charge in [-0.3, -0.25) is 14.9 Å². The minimum absolute atomic E-state index is 0.0229. The van der Waals surface area contributed by atoms with Crippen molar-refractivity contribution in [2.24, 2.45) is 11.7 Å². The number of nitrogens with one attached hydrogen (secondary N) is 2. The summed E-state index contributed by atoms with van der Waals surface area (Å²) < 4.78 is 0. The molecule has 3 rings (SSSR count). The first kappa shape index (κ1) is 12.4. The average molecular weight is 266 g/mol. The molecule has 2 aliphatic heterocycles. The Kier molecular flexibility index (Phi) is 2.74. The Morgan fingerprint density at radius 3 is 2.74 bits per heavy atom. The Morgan fingerprint density at radius 2 is 2.16 bits per heavy atom. The lowest BCUT2D eigenvalue weighted by Gasteiger charge is -2.23. The lowest BCUT2D eigenvalue weighted by molar-refractivity contribution is -0.134. The van der Waals surface area contributed by atoms with E-state index in [2.05, 4.69) is 10.6 Å². The number of rotatable bonds is 1. The van der Waals surface area contributed by atoms with Crippen molar-refractivity contribution in [3.8, 4) is 0 Å². The van der Waals surface area contributed by atoms with E-state index in [4.69, 9.17) is 5.73 Å². The Bertz CT molecular complexity index is 452. The monoisotopic (exact) mass is 266 g/mol. The molecule has 3 aliphatic rings. The molecule has 3 fully saturated rings. The van der Waals surface area contributed by atoms with E-state index in [0.29, 0.717) is 13.0 Å². The number of nitrogens with two attached hydrogens (primary N) is 1. The van der Waals surface area contributed by atoms with E-state index >= 15 is 0 Å². The molecule has 7 heteroatoms. The van der Waals surface area contributed by atoms with E-state index in [1.54, 1.807) is 4.90 Å². The van der Waals surface area contributed by atoms with Crippen molar-refractivity contribution < 1.29 is 14.4 Å². The van der Waals surface area contributed by atoms with Crippen molar-refractivity contribution in [1.29, 1.82) is 0 Å². The van der Waals surface area contributed by atoms with Crippen LogP contribution in [0, 0.1) is 5.92 Å². The highest BCUT2D eigenvalue weighted by atomic mass is 16.2. The van der Waals surface area contributed by atoms with Crippen LogP contribution in [0.4, 0.5) is 4.79 Å². The first-order valence-corrected chi connectivity index (χ1v) is 6.68. The molecular weight excluding hydrogens is 248 g/mol. The molecule has 0 aromatic rings. The highest BCUT2D eigenvalue weighted by Gasteiger charge is 2.52. The first-order chi connectivity index (χ1) is 9.00. The molecule has 1 spiro atoms. The van der Waals surface area contributed by atoms with Crippen LogP contribution in [0.1, 0.15) is 25.7 Å². The molecule has 0 aromatic heterocycles. The molecule has 1 saturated carbocycles. The average Bonchev–Trinajstić information content (AvgIpc) is 3.01. The third-order valence-corrected chi connectivity index (χ3v) is 4.42. The van der Waals surface area contributed by atoms with Crippen LogP contribution >= 0.6 is 0 Å². The van der Waals surface area contributed by atoms with Gasteiger partial charge in [-0.25, -0.2) is 4.79 Å². The summed E-state index contributed by atoms with van der Waals surface area (Å²) in [6.07, 6.45) is 2.91. The minimum atomic E-state index is -0.909. The Morgan fingerprint density at radius 1 is 1.37 bits per heavy atom. The van der Waals surface area contributed by atoms with Crippen LogP contribution in [0.5, 0.6) is 0 Å². The molecule has 0 radical (unpaired) electrons. The third kappa shape index (κ3) is 1.98. The summed E-state index contributed by atoms with van der Waals surface area (Å²) >= 11 is 0. The van der Waals surface area contributed by atoms with E-state index in [0.717, 1.165) is 19.3 Å². The van der Waals surface area contributed by atoms with Gasteiger partial charge in [0.15, 0.2) is 0 Å². The number of carbonyl (C=O) groups excluding carboxylic acids is 3. The van der Waals surface area contributed by atoms with Crippen molar-refractivity contribution in [1.82, 2.24) is 15.5 Å². The molecule has 104 valence electrons. The van der Waals surface area contributed by atoms with Crippen molar-refractivity contribution in [3.63, 3.8) is 0 Å². The Hall–Kier alpha value is -1.63. The number of urea groups is 1. The summed E-state index contributed by atoms with van der Waals surface area (Å²) in [7, 11) is 0. The number of carbonyl (C=O) groups is 3. The normalized spacial score (nSPS) is 37.8. The number of likely N-dealkylation sites (tertiary alicyclic amines) is 1. The molecule has 19 heavy (non-hydrogen) atoms. The largest absolute Gasteiger partial charge is 0.339 e. The molecule has 0 aromatic carbocycles. The second kappa shape index (κ2) is 4.19. The third-order valence-electron chi connectivity index (χ3n) is 4.42. The molecule has 7 nitrogen and oxygen atoms in total. The quantitative estimate of drug-likeness (QED) is 0.525. The van der Waals surface area contributed by atoms with Gasteiger partial charge in [-0.15, -0.1) is 0 Å². The predicted molar refractivity (Wildman–Crippen MR) is 65.9 cm³/mol. The second-order valence-corrected chi connectivity index (χ2v) is 5.77. The van der Waals surface area contributed by atoms with Gasteiger partial charge in [0.05, 0.1) is 6.54 Å². The van der Waals surface area contributed by atoms with Crippen molar-refractivity contribution in [2.75, 3.05) is 13.1 Å². The maximum absolute atomic E-state index is 12.3. The van der Waals surface area contributed by atoms with E-state index in [9.17, 15) is 14.4 Å². The maximum atomic E-state index is 12.3. The molecule has 2 saturated heterocycles. The highest BCUT2D eigenvalue weighted by molar-refractivity contribution is 6.07. The zero-order valence-corrected chi connectivity index (χ0v) is 10.6. The number of nitrogens with zero attached hydrogens (tertiary/aromatic N) is 1. The lowest BCUT2D eigenvalue weighted by atomic mass is 9.99. The van der Waals surface area contributed by atoms with Crippen molar-refractivity contribution >= 4 is 17.8 Å². The zero-order chi connectivity index (χ0) is 13.6. The molecule has 0 bridgehead atoms. The summed E-state index contributed by atoms with van der Waals surface area (Å²) in [4.78, 5) is 37.1. The van der Waals surface area contributed by atoms with E-state index in [-0.39, 0.29) is 30.3 Å². The standard InChI is InChI=1S/C12H18N4O3/c13-8-2-1-7(5-8)9(17)16-4-3-12(6-16)10(18)14-11(19)15-12/h7-8H,1-6,13H2,(H2,14,15,18,19). The van der Waals surface area contributed by atoms with Crippen LogP contribution in [-0.4, -0.2) is 47.4 Å². The fraction of sp³-hybridized carbons (Fsp3) is 0.750. The molecule has 4 amide bonds. The van der Waals surface area contributed by atoms with Crippen LogP contribution in [-0.2, 0) is 9.59 Å². The molecule has 3 unspecified atom stereocenters. The fourth-order valence-corrected chi connectivity index (χ4v) is 3.31. The smallest absolute Gasteiger partial charge is 0.322 e. The van der Waals surface area contributed by atoms with Crippen LogP contribution in [0.2, 0.25) is 0 Å². The van der Waals surface area contributed by atoms with Gasteiger partial charge in [0.25, 0.3) is 5.91 Å². The predicted octanol–water partition coefficient (Wildman–Crippen LogP) is -1.08. The lowest BCUT2D eigenvalue weighted by Crippen LogP contribution is -2.50. The van der Waals surface area contributed by atoms with Crippen LogP contribution in [0.3, 0.4) is 0 Å². The summed E-state index contributed by atoms with van der Waals surface area (Å²) in [5.41, 5.74) is 4.92. The minimum Gasteiger partial charge on any atom is -0.339 e. The topological polar surface area (TPSA) is 105 Å². The van der Waals surface area contributed by atoms with E-state index < -0.39 is 11.6 Å². The Labute approximate surface area is 110 Å². The van der Waals surface area contributed by atoms with E-state index in [1.807, 2.05) is 0 Å².